The first-order chi connectivity index (χ1) is 10.5. The van der Waals surface area contributed by atoms with Gasteiger partial charge in [0, 0.05) is 10.7 Å². The van der Waals surface area contributed by atoms with E-state index in [9.17, 15) is 0 Å². The van der Waals surface area contributed by atoms with Gasteiger partial charge in [-0.15, -0.1) is 0 Å². The standard InChI is InChI=1S/C16H17ClN2O2S/c1-10-8-12(20-2)5-6-13(10)18-16(22)19-14-9-11(17)4-7-15(14)21-3/h4-9H,1-3H3,(H2,18,19,22). The topological polar surface area (TPSA) is 42.5 Å². The molecule has 0 saturated carbocycles. The number of ether oxygens (including phenoxy) is 2. The summed E-state index contributed by atoms with van der Waals surface area (Å²) in [5, 5.41) is 7.29. The average molecular weight is 337 g/mol. The van der Waals surface area contributed by atoms with Gasteiger partial charge in [-0.25, -0.2) is 0 Å². The Kier molecular flexibility index (Phi) is 5.46. The first-order valence-corrected chi connectivity index (χ1v) is 7.38. The van der Waals surface area contributed by atoms with Gasteiger partial charge in [0.15, 0.2) is 5.11 Å². The van der Waals surface area contributed by atoms with E-state index >= 15 is 0 Å². The summed E-state index contributed by atoms with van der Waals surface area (Å²) in [5.74, 6) is 1.47. The van der Waals surface area contributed by atoms with E-state index in [4.69, 9.17) is 33.3 Å². The lowest BCUT2D eigenvalue weighted by molar-refractivity contribution is 0.414. The average Bonchev–Trinajstić information content (AvgIpc) is 2.49. The molecule has 22 heavy (non-hydrogen) atoms. The summed E-state index contributed by atoms with van der Waals surface area (Å²) < 4.78 is 10.5. The van der Waals surface area contributed by atoms with Gasteiger partial charge in [0.1, 0.15) is 11.5 Å². The fourth-order valence-electron chi connectivity index (χ4n) is 1.96. The molecule has 2 aromatic rings. The normalized spacial score (nSPS) is 10.0. The van der Waals surface area contributed by atoms with Crippen LogP contribution in [0.1, 0.15) is 5.56 Å². The Balaban J connectivity index is 2.12. The van der Waals surface area contributed by atoms with Gasteiger partial charge in [-0.3, -0.25) is 0 Å². The summed E-state index contributed by atoms with van der Waals surface area (Å²) in [6, 6.07) is 11.0. The van der Waals surface area contributed by atoms with Gasteiger partial charge in [-0.1, -0.05) is 11.6 Å². The second kappa shape index (κ2) is 7.33. The lowest BCUT2D eigenvalue weighted by Crippen LogP contribution is -2.20. The molecule has 6 heteroatoms. The quantitative estimate of drug-likeness (QED) is 0.806. The van der Waals surface area contributed by atoms with Gasteiger partial charge < -0.3 is 20.1 Å². The first-order valence-electron chi connectivity index (χ1n) is 6.59. The molecule has 0 saturated heterocycles. The largest absolute Gasteiger partial charge is 0.497 e. The maximum Gasteiger partial charge on any atom is 0.175 e. The molecule has 0 unspecified atom stereocenters. The van der Waals surface area contributed by atoms with Crippen molar-refractivity contribution in [1.29, 1.82) is 0 Å². The molecule has 0 radical (unpaired) electrons. The van der Waals surface area contributed by atoms with Gasteiger partial charge in [-0.2, -0.15) is 0 Å². The second-order valence-electron chi connectivity index (χ2n) is 4.60. The molecule has 0 heterocycles. The van der Waals surface area contributed by atoms with Crippen LogP contribution in [0.25, 0.3) is 0 Å². The predicted octanol–water partition coefficient (Wildman–Crippen LogP) is 4.47. The molecule has 0 aromatic heterocycles. The Morgan fingerprint density at radius 2 is 1.73 bits per heavy atom. The maximum atomic E-state index is 6.00. The van der Waals surface area contributed by atoms with E-state index in [0.29, 0.717) is 21.6 Å². The highest BCUT2D eigenvalue weighted by Gasteiger charge is 2.07. The van der Waals surface area contributed by atoms with E-state index in [1.807, 2.05) is 25.1 Å². The summed E-state index contributed by atoms with van der Waals surface area (Å²) in [4.78, 5) is 0. The Morgan fingerprint density at radius 1 is 1.00 bits per heavy atom. The molecular formula is C16H17ClN2O2S. The van der Waals surface area contributed by atoms with E-state index in [-0.39, 0.29) is 0 Å². The molecule has 2 aromatic carbocycles. The van der Waals surface area contributed by atoms with E-state index in [0.717, 1.165) is 17.0 Å². The number of nitrogens with one attached hydrogen (secondary N) is 2. The lowest BCUT2D eigenvalue weighted by atomic mass is 10.2. The van der Waals surface area contributed by atoms with Crippen molar-refractivity contribution >= 4 is 40.3 Å². The summed E-state index contributed by atoms with van der Waals surface area (Å²) in [5.41, 5.74) is 2.64. The van der Waals surface area contributed by atoms with Crippen LogP contribution in [-0.2, 0) is 0 Å². The number of methoxy groups -OCH3 is 2. The molecule has 116 valence electrons. The summed E-state index contributed by atoms with van der Waals surface area (Å²) in [7, 11) is 3.23. The molecule has 0 fully saturated rings. The first kappa shape index (κ1) is 16.4. The van der Waals surface area contributed by atoms with E-state index in [2.05, 4.69) is 10.6 Å². The third kappa shape index (κ3) is 4.02. The number of benzene rings is 2. The molecule has 0 bridgehead atoms. The minimum absolute atomic E-state index is 0.453. The Hall–Kier alpha value is -1.98. The molecule has 0 atom stereocenters. The van der Waals surface area contributed by atoms with Gasteiger partial charge >= 0.3 is 0 Å². The van der Waals surface area contributed by atoms with Crippen LogP contribution in [0.4, 0.5) is 11.4 Å². The van der Waals surface area contributed by atoms with Crippen LogP contribution in [0.2, 0.25) is 5.02 Å². The number of anilines is 2. The van der Waals surface area contributed by atoms with Crippen molar-refractivity contribution in [3.63, 3.8) is 0 Å². The predicted molar refractivity (Wildman–Crippen MR) is 95.6 cm³/mol. The zero-order valence-electron chi connectivity index (χ0n) is 12.6. The highest BCUT2D eigenvalue weighted by atomic mass is 35.5. The zero-order valence-corrected chi connectivity index (χ0v) is 14.1. The summed E-state index contributed by atoms with van der Waals surface area (Å²) in [6.45, 7) is 1.98. The van der Waals surface area contributed by atoms with Crippen LogP contribution in [0, 0.1) is 6.92 Å². The van der Waals surface area contributed by atoms with Crippen molar-refractivity contribution in [3.8, 4) is 11.5 Å². The Morgan fingerprint density at radius 3 is 2.36 bits per heavy atom. The van der Waals surface area contributed by atoms with Crippen molar-refractivity contribution in [1.82, 2.24) is 0 Å². The highest BCUT2D eigenvalue weighted by Crippen LogP contribution is 2.28. The number of thiocarbonyl (C=S) groups is 1. The number of hydrogen-bond acceptors (Lipinski definition) is 3. The SMILES string of the molecule is COc1ccc(NC(=S)Nc2cc(Cl)ccc2OC)c(C)c1. The molecule has 0 spiro atoms. The van der Waals surface area contributed by atoms with Gasteiger partial charge in [0.2, 0.25) is 0 Å². The summed E-state index contributed by atoms with van der Waals surface area (Å²) in [6.07, 6.45) is 0. The van der Waals surface area contributed by atoms with Gasteiger partial charge in [0.05, 0.1) is 19.9 Å². The van der Waals surface area contributed by atoms with Crippen molar-refractivity contribution < 1.29 is 9.47 Å². The molecule has 0 aliphatic heterocycles. The van der Waals surface area contributed by atoms with E-state index < -0.39 is 0 Å². The van der Waals surface area contributed by atoms with Crippen LogP contribution in [0.5, 0.6) is 11.5 Å². The van der Waals surface area contributed by atoms with Crippen LogP contribution in [-0.4, -0.2) is 19.3 Å². The van der Waals surface area contributed by atoms with Gasteiger partial charge in [0.25, 0.3) is 0 Å². The number of rotatable bonds is 4. The number of hydrogen-bond donors (Lipinski definition) is 2. The van der Waals surface area contributed by atoms with Crippen LogP contribution >= 0.6 is 23.8 Å². The Bertz CT molecular complexity index is 692. The third-order valence-electron chi connectivity index (χ3n) is 3.09. The van der Waals surface area contributed by atoms with Crippen LogP contribution in [0.15, 0.2) is 36.4 Å². The van der Waals surface area contributed by atoms with Crippen molar-refractivity contribution in [2.75, 3.05) is 24.9 Å². The maximum absolute atomic E-state index is 6.00. The smallest absolute Gasteiger partial charge is 0.175 e. The third-order valence-corrected chi connectivity index (χ3v) is 3.53. The van der Waals surface area contributed by atoms with E-state index in [1.54, 1.807) is 32.4 Å². The number of halogens is 1. The lowest BCUT2D eigenvalue weighted by Gasteiger charge is -2.15. The number of aryl methyl sites for hydroxylation is 1. The monoisotopic (exact) mass is 336 g/mol. The van der Waals surface area contributed by atoms with Gasteiger partial charge in [-0.05, 0) is 61.1 Å². The van der Waals surface area contributed by atoms with Crippen LogP contribution in [0.3, 0.4) is 0 Å². The highest BCUT2D eigenvalue weighted by molar-refractivity contribution is 7.80. The van der Waals surface area contributed by atoms with Crippen molar-refractivity contribution in [3.05, 3.63) is 47.0 Å². The molecule has 4 nitrogen and oxygen atoms in total. The van der Waals surface area contributed by atoms with E-state index in [1.165, 1.54) is 0 Å². The van der Waals surface area contributed by atoms with Crippen molar-refractivity contribution in [2.45, 2.75) is 6.92 Å². The van der Waals surface area contributed by atoms with Crippen molar-refractivity contribution in [2.24, 2.45) is 0 Å². The minimum Gasteiger partial charge on any atom is -0.497 e. The minimum atomic E-state index is 0.453. The molecule has 0 amide bonds. The molecule has 2 rings (SSSR count). The second-order valence-corrected chi connectivity index (χ2v) is 5.45. The fraction of sp³-hybridized carbons (Fsp3) is 0.188. The molecule has 0 aliphatic rings. The molecule has 0 aliphatic carbocycles. The fourth-order valence-corrected chi connectivity index (χ4v) is 2.35. The Labute approximate surface area is 140 Å². The molecular weight excluding hydrogens is 320 g/mol. The van der Waals surface area contributed by atoms with Crippen LogP contribution < -0.4 is 20.1 Å². The zero-order chi connectivity index (χ0) is 16.1. The molecule has 2 N–H and O–H groups in total. The summed E-state index contributed by atoms with van der Waals surface area (Å²) >= 11 is 11.3.